The highest BCUT2D eigenvalue weighted by Gasteiger charge is 2.36. The van der Waals surface area contributed by atoms with Crippen molar-refractivity contribution in [3.63, 3.8) is 0 Å². The zero-order valence-corrected chi connectivity index (χ0v) is 13.8. The highest BCUT2D eigenvalue weighted by molar-refractivity contribution is 6.29. The van der Waals surface area contributed by atoms with Crippen LogP contribution in [-0.2, 0) is 4.74 Å². The minimum atomic E-state index is -0.487. The van der Waals surface area contributed by atoms with Crippen LogP contribution in [0, 0.1) is 0 Å². The lowest BCUT2D eigenvalue weighted by atomic mass is 10.1. The average Bonchev–Trinajstić information content (AvgIpc) is 2.44. The number of hydrogen-bond acceptors (Lipinski definition) is 5. The van der Waals surface area contributed by atoms with E-state index >= 15 is 0 Å². The average molecular weight is 326 g/mol. The van der Waals surface area contributed by atoms with Crippen molar-refractivity contribution >= 4 is 23.5 Å². The minimum Gasteiger partial charge on any atom is -0.487 e. The van der Waals surface area contributed by atoms with Crippen LogP contribution in [0.15, 0.2) is 12.1 Å². The van der Waals surface area contributed by atoms with Crippen molar-refractivity contribution in [2.45, 2.75) is 32.4 Å². The first-order valence-electron chi connectivity index (χ1n) is 7.37. The molecule has 3 rings (SSSR count). The van der Waals surface area contributed by atoms with E-state index in [9.17, 15) is 4.79 Å². The number of rotatable bonds is 0. The fourth-order valence-electron chi connectivity index (χ4n) is 2.69. The molecule has 1 aromatic heterocycles. The first-order valence-corrected chi connectivity index (χ1v) is 7.75. The van der Waals surface area contributed by atoms with Crippen LogP contribution < -0.4 is 9.64 Å². The van der Waals surface area contributed by atoms with Gasteiger partial charge in [0.2, 0.25) is 0 Å². The summed E-state index contributed by atoms with van der Waals surface area (Å²) in [6.45, 7) is 7.97. The molecular weight excluding hydrogens is 306 g/mol. The summed E-state index contributed by atoms with van der Waals surface area (Å²) >= 11 is 5.98. The smallest absolute Gasteiger partial charge is 0.410 e. The van der Waals surface area contributed by atoms with Gasteiger partial charge in [0.1, 0.15) is 17.4 Å². The number of pyridine rings is 1. The van der Waals surface area contributed by atoms with Crippen LogP contribution in [0.1, 0.15) is 20.8 Å². The van der Waals surface area contributed by atoms with Crippen molar-refractivity contribution in [3.8, 4) is 5.75 Å². The number of carbonyl (C=O) groups is 1. The van der Waals surface area contributed by atoms with Gasteiger partial charge in [-0.15, -0.1) is 0 Å². The standard InChI is InChI=1S/C15H20ClN3O3/c1-15(2,3)22-14(20)18-6-7-19-10(8-18)9-21-11-4-5-12(16)17-13(11)19/h4-5,10H,6-9H2,1-3H3. The van der Waals surface area contributed by atoms with E-state index < -0.39 is 5.60 Å². The molecule has 0 spiro atoms. The third-order valence-corrected chi connectivity index (χ3v) is 3.85. The molecule has 0 aromatic carbocycles. The number of nitrogens with zero attached hydrogens (tertiary/aromatic N) is 3. The van der Waals surface area contributed by atoms with Gasteiger partial charge in [-0.1, -0.05) is 11.6 Å². The molecule has 0 aliphatic carbocycles. The fraction of sp³-hybridized carbons (Fsp3) is 0.600. The Kier molecular flexibility index (Phi) is 3.80. The first-order chi connectivity index (χ1) is 10.3. The summed E-state index contributed by atoms with van der Waals surface area (Å²) in [6, 6.07) is 3.62. The number of hydrogen-bond donors (Lipinski definition) is 0. The van der Waals surface area contributed by atoms with Gasteiger partial charge in [0.15, 0.2) is 11.6 Å². The fourth-order valence-corrected chi connectivity index (χ4v) is 2.83. The van der Waals surface area contributed by atoms with Crippen LogP contribution in [0.5, 0.6) is 5.75 Å². The van der Waals surface area contributed by atoms with Gasteiger partial charge in [-0.3, -0.25) is 0 Å². The molecule has 1 amide bonds. The third-order valence-electron chi connectivity index (χ3n) is 3.64. The number of aromatic nitrogens is 1. The van der Waals surface area contributed by atoms with Gasteiger partial charge in [0, 0.05) is 19.6 Å². The molecule has 7 heteroatoms. The molecule has 1 fully saturated rings. The zero-order valence-electron chi connectivity index (χ0n) is 13.0. The van der Waals surface area contributed by atoms with Crippen LogP contribution in [0.3, 0.4) is 0 Å². The lowest BCUT2D eigenvalue weighted by Gasteiger charge is -2.44. The molecule has 1 saturated heterocycles. The SMILES string of the molecule is CC(C)(C)OC(=O)N1CCN2c3nc(Cl)ccc3OCC2C1. The van der Waals surface area contributed by atoms with Gasteiger partial charge in [0.05, 0.1) is 6.04 Å². The summed E-state index contributed by atoms with van der Waals surface area (Å²) in [6.07, 6.45) is -0.281. The number of fused-ring (bicyclic) bond motifs is 3. The Bertz CT molecular complexity index is 588. The molecule has 3 heterocycles. The number of amides is 1. The van der Waals surface area contributed by atoms with E-state index in [0.29, 0.717) is 31.4 Å². The van der Waals surface area contributed by atoms with Crippen LogP contribution in [-0.4, -0.2) is 53.9 Å². The largest absolute Gasteiger partial charge is 0.487 e. The lowest BCUT2D eigenvalue weighted by molar-refractivity contribution is 0.0194. The van der Waals surface area contributed by atoms with E-state index in [1.165, 1.54) is 0 Å². The van der Waals surface area contributed by atoms with E-state index in [0.717, 1.165) is 11.6 Å². The Morgan fingerprint density at radius 3 is 2.91 bits per heavy atom. The topological polar surface area (TPSA) is 54.9 Å². The number of ether oxygens (including phenoxy) is 2. The van der Waals surface area contributed by atoms with E-state index in [2.05, 4.69) is 9.88 Å². The number of anilines is 1. The summed E-state index contributed by atoms with van der Waals surface area (Å²) in [5, 5.41) is 0.442. The quantitative estimate of drug-likeness (QED) is 0.686. The zero-order chi connectivity index (χ0) is 15.9. The molecule has 6 nitrogen and oxygen atoms in total. The summed E-state index contributed by atoms with van der Waals surface area (Å²) < 4.78 is 11.2. The molecular formula is C15H20ClN3O3. The molecule has 1 unspecified atom stereocenters. The molecule has 1 aromatic rings. The molecule has 0 bridgehead atoms. The second kappa shape index (κ2) is 5.50. The molecule has 2 aliphatic heterocycles. The Balaban J connectivity index is 1.72. The predicted molar refractivity (Wildman–Crippen MR) is 83.7 cm³/mol. The van der Waals surface area contributed by atoms with Gasteiger partial charge in [0.25, 0.3) is 0 Å². The molecule has 0 radical (unpaired) electrons. The predicted octanol–water partition coefficient (Wildman–Crippen LogP) is 2.55. The highest BCUT2D eigenvalue weighted by Crippen LogP contribution is 2.34. The summed E-state index contributed by atoms with van der Waals surface area (Å²) in [4.78, 5) is 20.4. The maximum absolute atomic E-state index is 12.2. The monoisotopic (exact) mass is 325 g/mol. The van der Waals surface area contributed by atoms with Crippen molar-refractivity contribution in [2.24, 2.45) is 0 Å². The van der Waals surface area contributed by atoms with E-state index in [1.54, 1.807) is 11.0 Å². The van der Waals surface area contributed by atoms with E-state index in [4.69, 9.17) is 21.1 Å². The van der Waals surface area contributed by atoms with Crippen LogP contribution in [0.2, 0.25) is 5.15 Å². The lowest BCUT2D eigenvalue weighted by Crippen LogP contribution is -2.59. The second-order valence-electron chi connectivity index (χ2n) is 6.54. The highest BCUT2D eigenvalue weighted by atomic mass is 35.5. The molecule has 0 saturated carbocycles. The van der Waals surface area contributed by atoms with E-state index in [1.807, 2.05) is 26.8 Å². The normalized spacial score (nSPS) is 20.8. The first kappa shape index (κ1) is 15.2. The maximum atomic E-state index is 12.2. The summed E-state index contributed by atoms with van der Waals surface area (Å²) in [7, 11) is 0. The van der Waals surface area contributed by atoms with Gasteiger partial charge >= 0.3 is 6.09 Å². The Hall–Kier alpha value is -1.69. The molecule has 22 heavy (non-hydrogen) atoms. The number of piperazine rings is 1. The molecule has 0 N–H and O–H groups in total. The maximum Gasteiger partial charge on any atom is 0.410 e. The molecule has 120 valence electrons. The molecule has 1 atom stereocenters. The van der Waals surface area contributed by atoms with Gasteiger partial charge < -0.3 is 19.3 Å². The third kappa shape index (κ3) is 3.06. The Labute approximate surface area is 135 Å². The van der Waals surface area contributed by atoms with Crippen molar-refractivity contribution < 1.29 is 14.3 Å². The Morgan fingerprint density at radius 1 is 1.41 bits per heavy atom. The van der Waals surface area contributed by atoms with Gasteiger partial charge in [-0.2, -0.15) is 0 Å². The van der Waals surface area contributed by atoms with Crippen molar-refractivity contribution in [2.75, 3.05) is 31.1 Å². The van der Waals surface area contributed by atoms with Crippen molar-refractivity contribution in [1.82, 2.24) is 9.88 Å². The summed E-state index contributed by atoms with van der Waals surface area (Å²) in [5.74, 6) is 1.50. The Morgan fingerprint density at radius 2 is 2.18 bits per heavy atom. The van der Waals surface area contributed by atoms with Crippen molar-refractivity contribution in [3.05, 3.63) is 17.3 Å². The second-order valence-corrected chi connectivity index (χ2v) is 6.93. The van der Waals surface area contributed by atoms with Crippen LogP contribution in [0.4, 0.5) is 10.6 Å². The molecule has 2 aliphatic rings. The summed E-state index contributed by atoms with van der Waals surface area (Å²) in [5.41, 5.74) is -0.487. The number of halogens is 1. The van der Waals surface area contributed by atoms with E-state index in [-0.39, 0.29) is 12.1 Å². The number of carbonyl (C=O) groups excluding carboxylic acids is 1. The minimum absolute atomic E-state index is 0.0692. The van der Waals surface area contributed by atoms with Crippen molar-refractivity contribution in [1.29, 1.82) is 0 Å². The van der Waals surface area contributed by atoms with Crippen LogP contribution >= 0.6 is 11.6 Å². The van der Waals surface area contributed by atoms with Gasteiger partial charge in [-0.25, -0.2) is 9.78 Å². The van der Waals surface area contributed by atoms with Crippen LogP contribution in [0.25, 0.3) is 0 Å². The van der Waals surface area contributed by atoms with Gasteiger partial charge in [-0.05, 0) is 32.9 Å².